The van der Waals surface area contributed by atoms with Gasteiger partial charge in [-0.15, -0.1) is 24.5 Å². The van der Waals surface area contributed by atoms with Gasteiger partial charge in [-0.1, -0.05) is 54.6 Å². The molecule has 3 saturated heterocycles. The molecular formula is C52H60F4N5O8PS. The smallest absolute Gasteiger partial charge is 0.461 e. The van der Waals surface area contributed by atoms with Crippen LogP contribution < -0.4 is 14.9 Å². The Morgan fingerprint density at radius 3 is 2.28 bits per heavy atom. The quantitative estimate of drug-likeness (QED) is 0.0671. The topological polar surface area (TPSA) is 147 Å². The molecule has 4 heterocycles. The van der Waals surface area contributed by atoms with Crippen molar-refractivity contribution in [2.24, 2.45) is 0 Å². The molecule has 6 fully saturated rings. The fraction of sp³-hybridized carbons (Fsp3) is 0.538. The van der Waals surface area contributed by atoms with Crippen molar-refractivity contribution < 1.29 is 55.3 Å². The van der Waals surface area contributed by atoms with E-state index < -0.39 is 55.9 Å². The van der Waals surface area contributed by atoms with Gasteiger partial charge >= 0.3 is 19.9 Å². The van der Waals surface area contributed by atoms with Gasteiger partial charge in [-0.3, -0.25) is 28.5 Å². The van der Waals surface area contributed by atoms with Crippen LogP contribution in [0.5, 0.6) is 5.75 Å². The second-order valence-electron chi connectivity index (χ2n) is 20.5. The van der Waals surface area contributed by atoms with Crippen molar-refractivity contribution in [2.75, 3.05) is 13.6 Å². The van der Waals surface area contributed by atoms with E-state index in [-0.39, 0.29) is 83.0 Å². The number of hydrogen-bond donors (Lipinski definition) is 2. The molecule has 13 nitrogen and oxygen atoms in total. The number of esters is 1. The number of carbonyl (C=O) groups is 4. The van der Waals surface area contributed by atoms with Gasteiger partial charge in [0.05, 0.1) is 11.0 Å². The van der Waals surface area contributed by atoms with Crippen LogP contribution in [0.4, 0.5) is 17.6 Å². The van der Waals surface area contributed by atoms with E-state index in [0.29, 0.717) is 42.3 Å². The van der Waals surface area contributed by atoms with Gasteiger partial charge in [-0.2, -0.15) is 0 Å². The second kappa shape index (κ2) is 19.9. The van der Waals surface area contributed by atoms with E-state index >= 15 is 4.39 Å². The molecule has 0 radical (unpaired) electrons. The van der Waals surface area contributed by atoms with Crippen molar-refractivity contribution in [3.05, 3.63) is 101 Å². The van der Waals surface area contributed by atoms with Crippen molar-refractivity contribution in [2.45, 2.75) is 163 Å². The Labute approximate surface area is 414 Å². The lowest BCUT2D eigenvalue weighted by Gasteiger charge is -2.47. The van der Waals surface area contributed by atoms with Crippen LogP contribution in [-0.2, 0) is 28.4 Å². The van der Waals surface area contributed by atoms with E-state index in [1.165, 1.54) is 36.8 Å². The van der Waals surface area contributed by atoms with Crippen LogP contribution in [0.25, 0.3) is 10.1 Å². The molecule has 0 bridgehead atoms. The number of halogens is 4. The van der Waals surface area contributed by atoms with Gasteiger partial charge in [-0.05, 0) is 144 Å². The predicted molar refractivity (Wildman–Crippen MR) is 258 cm³/mol. The van der Waals surface area contributed by atoms with Crippen LogP contribution in [0, 0.1) is 0 Å². The Morgan fingerprint density at radius 2 is 1.61 bits per heavy atom. The average Bonchev–Trinajstić information content (AvgIpc) is 3.59. The Hall–Kier alpha value is -4.87. The van der Waals surface area contributed by atoms with Crippen molar-refractivity contribution in [3.63, 3.8) is 0 Å². The van der Waals surface area contributed by atoms with E-state index in [1.54, 1.807) is 35.2 Å². The maximum Gasteiger partial charge on any atom is 0.522 e. The monoisotopic (exact) mass is 1020 g/mol. The summed E-state index contributed by atoms with van der Waals surface area (Å²) in [5.74, 6) is -3.58. The Balaban J connectivity index is 0.883. The third-order valence-corrected chi connectivity index (χ3v) is 19.1. The molecule has 19 heteroatoms. The highest BCUT2D eigenvalue weighted by atomic mass is 32.1. The van der Waals surface area contributed by atoms with E-state index in [1.807, 2.05) is 30.1 Å². The Kier molecular flexibility index (Phi) is 13.9. The zero-order chi connectivity index (χ0) is 49.8. The zero-order valence-corrected chi connectivity index (χ0v) is 41.4. The summed E-state index contributed by atoms with van der Waals surface area (Å²) in [4.78, 5) is 63.2. The first-order chi connectivity index (χ1) is 34.0. The molecule has 4 aromatic rings. The molecule has 6 aliphatic rings. The molecule has 1 aromatic heterocycles. The van der Waals surface area contributed by atoms with Gasteiger partial charge in [-0.25, -0.2) is 9.48 Å². The maximum atomic E-state index is 16.8. The number of rotatable bonds is 15. The molecular weight excluding hydrogens is 962 g/mol. The SMILES string of the molecule is C[C@H](N[P@](=O)(Oc1ccccc1)[C@@H](F)c1ccc2sc(C(=O)N[C@H]3CC[C@H](N(C)C4CC(OC(F)(F)F)C4)C[C@H]4CC[C@@H](C(=O)N5C[C@H](c6ccccc6)CC56CC6)N4C3=O)cc2c1)C(=O)OC1CCC1. The second-order valence-corrected chi connectivity index (χ2v) is 23.7. The predicted octanol–water partition coefficient (Wildman–Crippen LogP) is 9.77. The Bertz CT molecular complexity index is 2670. The third kappa shape index (κ3) is 10.5. The summed E-state index contributed by atoms with van der Waals surface area (Å²) in [5, 5.41) is 6.11. The molecule has 380 valence electrons. The largest absolute Gasteiger partial charge is 0.522 e. The molecule has 2 N–H and O–H groups in total. The Morgan fingerprint density at radius 1 is 0.887 bits per heavy atom. The van der Waals surface area contributed by atoms with Crippen LogP contribution in [0.3, 0.4) is 0 Å². The van der Waals surface area contributed by atoms with Crippen LogP contribution >= 0.6 is 18.9 Å². The number of amides is 3. The highest BCUT2D eigenvalue weighted by molar-refractivity contribution is 7.57. The number of thiophene rings is 1. The number of likely N-dealkylation sites (tertiary alicyclic amines) is 1. The van der Waals surface area contributed by atoms with E-state index in [2.05, 4.69) is 32.2 Å². The normalized spacial score (nSPS) is 28.0. The van der Waals surface area contributed by atoms with Gasteiger partial charge < -0.3 is 29.3 Å². The first-order valence-corrected chi connectivity index (χ1v) is 27.4. The average molecular weight is 1020 g/mol. The first kappa shape index (κ1) is 49.7. The molecule has 1 spiro atoms. The molecule has 0 unspecified atom stereocenters. The maximum absolute atomic E-state index is 16.8. The number of nitrogens with zero attached hydrogens (tertiary/aromatic N) is 3. The molecule has 3 saturated carbocycles. The number of hydrogen-bond acceptors (Lipinski definition) is 10. The minimum absolute atomic E-state index is 0.0152. The molecule has 3 aliphatic heterocycles. The van der Waals surface area contributed by atoms with Crippen molar-refractivity contribution in [3.8, 4) is 5.75 Å². The fourth-order valence-corrected chi connectivity index (χ4v) is 14.3. The van der Waals surface area contributed by atoms with E-state index in [0.717, 1.165) is 49.9 Å². The van der Waals surface area contributed by atoms with Crippen molar-refractivity contribution >= 4 is 52.6 Å². The number of carbonyl (C=O) groups excluding carboxylic acids is 4. The summed E-state index contributed by atoms with van der Waals surface area (Å²) >= 11 is 1.14. The van der Waals surface area contributed by atoms with E-state index in [4.69, 9.17) is 9.26 Å². The lowest BCUT2D eigenvalue weighted by atomic mass is 9.85. The van der Waals surface area contributed by atoms with Gasteiger partial charge in [0, 0.05) is 40.8 Å². The van der Waals surface area contributed by atoms with Crippen molar-refractivity contribution in [1.29, 1.82) is 0 Å². The molecule has 3 aromatic carbocycles. The summed E-state index contributed by atoms with van der Waals surface area (Å²) in [6.07, 6.45) is 1.80. The summed E-state index contributed by atoms with van der Waals surface area (Å²) in [6.45, 7) is 2.00. The molecule has 71 heavy (non-hydrogen) atoms. The standard InChI is InChI=1S/C52H60F4N5O8PS/c1-31(50(65)67-39-14-9-15-39)58-70(66,69-40-12-7-4-8-13-40)46(53)33-16-21-44-34(24-33)25-45(71-44)47(62)57-42-19-17-36(59(2)38-27-41(28-38)68-52(54,55)56)26-37-18-20-43(61(37)48(42)63)49(64)60-30-35(29-51(60)22-23-51)32-10-5-3-6-11-32/h3-8,10-13,16,21,24-25,31,35-39,41-43,46H,9,14-15,17-20,22-23,26-30H2,1-2H3,(H,57,62)(H,58,66)/t31-,35+,36-,37+,38?,41?,42-,43-,46+,70+/m0/s1. The third-order valence-electron chi connectivity index (χ3n) is 15.9. The lowest BCUT2D eigenvalue weighted by Crippen LogP contribution is -2.60. The number of benzene rings is 3. The van der Waals surface area contributed by atoms with Gasteiger partial charge in [0.15, 0.2) is 0 Å². The van der Waals surface area contributed by atoms with Gasteiger partial charge in [0.2, 0.25) is 17.7 Å². The minimum atomic E-state index is -4.72. The van der Waals surface area contributed by atoms with Crippen LogP contribution in [-0.4, -0.2) is 112 Å². The van der Waals surface area contributed by atoms with Crippen LogP contribution in [0.15, 0.2) is 84.9 Å². The number of fused-ring (bicyclic) bond motifs is 2. The molecule has 3 aliphatic carbocycles. The number of ether oxygens (including phenoxy) is 2. The molecule has 8 atom stereocenters. The fourth-order valence-electron chi connectivity index (χ4n) is 11.5. The molecule has 10 rings (SSSR count). The molecule has 3 amide bonds. The van der Waals surface area contributed by atoms with Gasteiger partial charge in [0.25, 0.3) is 5.91 Å². The van der Waals surface area contributed by atoms with Crippen LogP contribution in [0.2, 0.25) is 0 Å². The lowest BCUT2D eigenvalue weighted by molar-refractivity contribution is -0.354. The zero-order valence-electron chi connectivity index (χ0n) is 39.7. The first-order valence-electron chi connectivity index (χ1n) is 24.9. The van der Waals surface area contributed by atoms with Gasteiger partial charge in [0.1, 0.15) is 30.0 Å². The summed E-state index contributed by atoms with van der Waals surface area (Å²) < 4.78 is 86.9. The van der Waals surface area contributed by atoms with Crippen LogP contribution in [0.1, 0.15) is 123 Å². The summed E-state index contributed by atoms with van der Waals surface area (Å²) in [6, 6.07) is 20.8. The van der Waals surface area contributed by atoms with E-state index in [9.17, 15) is 36.9 Å². The summed E-state index contributed by atoms with van der Waals surface area (Å²) in [5.41, 5.74) is 0.917. The highest BCUT2D eigenvalue weighted by Crippen LogP contribution is 2.58. The van der Waals surface area contributed by atoms with Crippen molar-refractivity contribution in [1.82, 2.24) is 25.1 Å². The highest BCUT2D eigenvalue weighted by Gasteiger charge is 2.59. The number of nitrogens with one attached hydrogen (secondary N) is 2. The number of para-hydroxylation sites is 1. The minimum Gasteiger partial charge on any atom is -0.461 e. The summed E-state index contributed by atoms with van der Waals surface area (Å²) in [7, 11) is -2.63. The number of alkyl halides is 4.